The zero-order valence-corrected chi connectivity index (χ0v) is 11.8. The molecule has 96 valence electrons. The first kappa shape index (κ1) is 14.1. The fourth-order valence-corrected chi connectivity index (χ4v) is 2.26. The van der Waals surface area contributed by atoms with Crippen LogP contribution < -0.4 is 0 Å². The van der Waals surface area contributed by atoms with E-state index in [0.29, 0.717) is 5.75 Å². The molecule has 0 aliphatic carbocycles. The first-order chi connectivity index (χ1) is 7.79. The van der Waals surface area contributed by atoms with Gasteiger partial charge in [0.25, 0.3) is 0 Å². The minimum absolute atomic E-state index is 0.186. The number of carbonyl (C=O) groups excluding carboxylic acids is 1. The zero-order valence-electron chi connectivity index (χ0n) is 11.0. The van der Waals surface area contributed by atoms with E-state index in [9.17, 15) is 4.79 Å². The lowest BCUT2D eigenvalue weighted by atomic mass is 10.2. The molecule has 17 heavy (non-hydrogen) atoms. The predicted molar refractivity (Wildman–Crippen MR) is 68.0 cm³/mol. The summed E-state index contributed by atoms with van der Waals surface area (Å²) in [5, 5.41) is 3.87. The lowest BCUT2D eigenvalue weighted by Gasteiger charge is -2.19. The summed E-state index contributed by atoms with van der Waals surface area (Å²) in [6, 6.07) is 0. The maximum atomic E-state index is 11.5. The Kier molecular flexibility index (Phi) is 4.62. The lowest BCUT2D eigenvalue weighted by Crippen LogP contribution is -2.24. The van der Waals surface area contributed by atoms with Gasteiger partial charge in [-0.25, -0.2) is 0 Å². The van der Waals surface area contributed by atoms with Gasteiger partial charge in [0, 0.05) is 11.3 Å². The summed E-state index contributed by atoms with van der Waals surface area (Å²) in [5.74, 6) is 1.70. The second-order valence-electron chi connectivity index (χ2n) is 4.88. The number of aromatic nitrogens is 1. The Labute approximate surface area is 106 Å². The van der Waals surface area contributed by atoms with Gasteiger partial charge < -0.3 is 9.26 Å². The molecule has 5 heteroatoms. The molecule has 0 atom stereocenters. The van der Waals surface area contributed by atoms with Gasteiger partial charge in [-0.3, -0.25) is 4.79 Å². The summed E-state index contributed by atoms with van der Waals surface area (Å²) in [5.41, 5.74) is 1.54. The molecule has 1 heterocycles. The van der Waals surface area contributed by atoms with Gasteiger partial charge in [0.15, 0.2) is 0 Å². The Morgan fingerprint density at radius 3 is 2.53 bits per heavy atom. The van der Waals surface area contributed by atoms with E-state index in [1.165, 1.54) is 11.8 Å². The molecular weight excluding hydrogens is 238 g/mol. The zero-order chi connectivity index (χ0) is 13.1. The van der Waals surface area contributed by atoms with E-state index >= 15 is 0 Å². The Bertz CT molecular complexity index is 373. The van der Waals surface area contributed by atoms with Crippen LogP contribution in [0.3, 0.4) is 0 Å². The number of carbonyl (C=O) groups is 1. The smallest absolute Gasteiger partial charge is 0.316 e. The monoisotopic (exact) mass is 257 g/mol. The SMILES string of the molecule is Cc1noc(C)c1CSCC(=O)OC(C)(C)C. The van der Waals surface area contributed by atoms with Crippen molar-refractivity contribution in [3.05, 3.63) is 17.0 Å². The van der Waals surface area contributed by atoms with Gasteiger partial charge in [0.05, 0.1) is 11.4 Å². The molecule has 0 amide bonds. The van der Waals surface area contributed by atoms with E-state index in [1.807, 2.05) is 34.6 Å². The van der Waals surface area contributed by atoms with Gasteiger partial charge in [0.1, 0.15) is 11.4 Å². The van der Waals surface area contributed by atoms with Gasteiger partial charge >= 0.3 is 5.97 Å². The molecule has 0 spiro atoms. The summed E-state index contributed by atoms with van der Waals surface area (Å²) in [4.78, 5) is 11.5. The highest BCUT2D eigenvalue weighted by Crippen LogP contribution is 2.20. The van der Waals surface area contributed by atoms with E-state index in [0.717, 1.165) is 22.8 Å². The molecule has 0 fully saturated rings. The lowest BCUT2D eigenvalue weighted by molar-refractivity contribution is -0.151. The fraction of sp³-hybridized carbons (Fsp3) is 0.667. The van der Waals surface area contributed by atoms with Crippen molar-refractivity contribution in [2.24, 2.45) is 0 Å². The summed E-state index contributed by atoms with van der Waals surface area (Å²) < 4.78 is 10.3. The fourth-order valence-electron chi connectivity index (χ4n) is 1.32. The van der Waals surface area contributed by atoms with Crippen molar-refractivity contribution in [3.63, 3.8) is 0 Å². The third-order valence-electron chi connectivity index (χ3n) is 2.07. The number of esters is 1. The first-order valence-corrected chi connectivity index (χ1v) is 6.66. The van der Waals surface area contributed by atoms with E-state index < -0.39 is 5.60 Å². The van der Waals surface area contributed by atoms with Crippen LogP contribution in [0.5, 0.6) is 0 Å². The van der Waals surface area contributed by atoms with Gasteiger partial charge in [-0.05, 0) is 34.6 Å². The van der Waals surface area contributed by atoms with E-state index in [1.54, 1.807) is 0 Å². The highest BCUT2D eigenvalue weighted by Gasteiger charge is 2.16. The summed E-state index contributed by atoms with van der Waals surface area (Å²) in [6.45, 7) is 9.38. The molecule has 1 rings (SSSR count). The second-order valence-corrected chi connectivity index (χ2v) is 5.87. The predicted octanol–water partition coefficient (Wildman–Crippen LogP) is 2.87. The number of rotatable bonds is 4. The topological polar surface area (TPSA) is 52.3 Å². The van der Waals surface area contributed by atoms with Crippen molar-refractivity contribution >= 4 is 17.7 Å². The van der Waals surface area contributed by atoms with Crippen molar-refractivity contribution in [1.29, 1.82) is 0 Å². The molecule has 0 bridgehead atoms. The van der Waals surface area contributed by atoms with Crippen LogP contribution in [0.1, 0.15) is 37.8 Å². The molecule has 0 unspecified atom stereocenters. The minimum atomic E-state index is -0.416. The quantitative estimate of drug-likeness (QED) is 0.776. The number of ether oxygens (including phenoxy) is 1. The molecule has 1 aromatic rings. The van der Waals surface area contributed by atoms with Crippen molar-refractivity contribution in [3.8, 4) is 0 Å². The molecule has 0 aliphatic heterocycles. The average Bonchev–Trinajstić information content (AvgIpc) is 2.46. The average molecular weight is 257 g/mol. The summed E-state index contributed by atoms with van der Waals surface area (Å²) in [6.07, 6.45) is 0. The van der Waals surface area contributed by atoms with Crippen LogP contribution in [0, 0.1) is 13.8 Å². The normalized spacial score (nSPS) is 11.6. The number of thioether (sulfide) groups is 1. The molecule has 4 nitrogen and oxygen atoms in total. The van der Waals surface area contributed by atoms with Crippen LogP contribution >= 0.6 is 11.8 Å². The minimum Gasteiger partial charge on any atom is -0.459 e. The number of hydrogen-bond acceptors (Lipinski definition) is 5. The van der Waals surface area contributed by atoms with Crippen molar-refractivity contribution in [2.75, 3.05) is 5.75 Å². The summed E-state index contributed by atoms with van der Waals surface area (Å²) >= 11 is 1.51. The van der Waals surface area contributed by atoms with E-state index in [-0.39, 0.29) is 5.97 Å². The first-order valence-electron chi connectivity index (χ1n) is 5.51. The van der Waals surface area contributed by atoms with Crippen LogP contribution in [0.15, 0.2) is 4.52 Å². The van der Waals surface area contributed by atoms with Crippen LogP contribution in [0.2, 0.25) is 0 Å². The molecule has 1 aromatic heterocycles. The van der Waals surface area contributed by atoms with Gasteiger partial charge in [0.2, 0.25) is 0 Å². The second kappa shape index (κ2) is 5.58. The Morgan fingerprint density at radius 2 is 2.06 bits per heavy atom. The number of nitrogens with zero attached hydrogens (tertiary/aromatic N) is 1. The highest BCUT2D eigenvalue weighted by molar-refractivity contribution is 7.99. The highest BCUT2D eigenvalue weighted by atomic mass is 32.2. The van der Waals surface area contributed by atoms with E-state index in [4.69, 9.17) is 9.26 Å². The van der Waals surface area contributed by atoms with E-state index in [2.05, 4.69) is 5.16 Å². The number of aryl methyl sites for hydroxylation is 2. The Hall–Kier alpha value is -0.970. The Balaban J connectivity index is 2.36. The number of hydrogen-bond donors (Lipinski definition) is 0. The molecule has 0 aliphatic rings. The largest absolute Gasteiger partial charge is 0.459 e. The van der Waals surface area contributed by atoms with Crippen molar-refractivity contribution in [2.45, 2.75) is 46.0 Å². The molecule has 0 saturated carbocycles. The standard InChI is InChI=1S/C12H19NO3S/c1-8-10(9(2)16-13-8)6-17-7-11(14)15-12(3,4)5/h6-7H2,1-5H3. The van der Waals surface area contributed by atoms with Crippen LogP contribution in [-0.4, -0.2) is 22.5 Å². The van der Waals surface area contributed by atoms with Gasteiger partial charge in [-0.15, -0.1) is 11.8 Å². The molecule has 0 radical (unpaired) electrons. The van der Waals surface area contributed by atoms with Crippen molar-refractivity contribution in [1.82, 2.24) is 5.16 Å². The molecule has 0 N–H and O–H groups in total. The van der Waals surface area contributed by atoms with Crippen LogP contribution in [-0.2, 0) is 15.3 Å². The summed E-state index contributed by atoms with van der Waals surface area (Å²) in [7, 11) is 0. The molecule has 0 saturated heterocycles. The maximum Gasteiger partial charge on any atom is 0.316 e. The third-order valence-corrected chi connectivity index (χ3v) is 3.00. The molecular formula is C12H19NO3S. The van der Waals surface area contributed by atoms with Crippen molar-refractivity contribution < 1.29 is 14.1 Å². The maximum absolute atomic E-state index is 11.5. The van der Waals surface area contributed by atoms with Gasteiger partial charge in [-0.1, -0.05) is 5.16 Å². The third kappa shape index (κ3) is 4.81. The van der Waals surface area contributed by atoms with Crippen LogP contribution in [0.4, 0.5) is 0 Å². The Morgan fingerprint density at radius 1 is 1.41 bits per heavy atom. The van der Waals surface area contributed by atoms with Gasteiger partial charge in [-0.2, -0.15) is 0 Å². The van der Waals surface area contributed by atoms with Crippen LogP contribution in [0.25, 0.3) is 0 Å². The molecule has 0 aromatic carbocycles.